The maximum atomic E-state index is 11.9. The molecule has 0 fully saturated rings. The molecular weight excluding hydrogens is 244 g/mol. The molecule has 1 unspecified atom stereocenters. The molecule has 0 saturated carbocycles. The van der Waals surface area contributed by atoms with E-state index in [1.165, 1.54) is 6.42 Å². The molecule has 2 aliphatic rings. The number of hydrogen-bond acceptors (Lipinski definition) is 4. The van der Waals surface area contributed by atoms with Crippen molar-refractivity contribution in [1.82, 2.24) is 5.43 Å². The van der Waals surface area contributed by atoms with E-state index < -0.39 is 5.97 Å². The van der Waals surface area contributed by atoms with Crippen LogP contribution in [0.5, 0.6) is 0 Å². The van der Waals surface area contributed by atoms with E-state index in [2.05, 4.69) is 16.6 Å². The number of carbonyl (C=O) groups is 2. The van der Waals surface area contributed by atoms with Crippen molar-refractivity contribution in [3.05, 3.63) is 11.6 Å². The SMILES string of the molecule is CC(C)OC(=O)C1=NNC(=O)C(C2=CCCCC2)C1. The molecule has 0 spiro atoms. The van der Waals surface area contributed by atoms with E-state index in [0.29, 0.717) is 12.1 Å². The molecule has 0 aromatic carbocycles. The number of nitrogens with one attached hydrogen (secondary N) is 1. The van der Waals surface area contributed by atoms with Crippen LogP contribution in [0.4, 0.5) is 0 Å². The predicted octanol–water partition coefficient (Wildman–Crippen LogP) is 1.93. The van der Waals surface area contributed by atoms with Crippen LogP contribution in [0.25, 0.3) is 0 Å². The Balaban J connectivity index is 2.07. The Bertz CT molecular complexity index is 438. The van der Waals surface area contributed by atoms with E-state index in [1.54, 1.807) is 13.8 Å². The third-order valence-corrected chi connectivity index (χ3v) is 3.37. The van der Waals surface area contributed by atoms with Gasteiger partial charge in [0.1, 0.15) is 5.71 Å². The van der Waals surface area contributed by atoms with Gasteiger partial charge in [0.05, 0.1) is 12.0 Å². The quantitative estimate of drug-likeness (QED) is 0.625. The number of hydrogen-bond donors (Lipinski definition) is 1. The van der Waals surface area contributed by atoms with Gasteiger partial charge in [-0.3, -0.25) is 4.79 Å². The summed E-state index contributed by atoms with van der Waals surface area (Å²) in [7, 11) is 0. The first-order valence-electron chi connectivity index (χ1n) is 6.84. The summed E-state index contributed by atoms with van der Waals surface area (Å²) in [6, 6.07) is 0. The van der Waals surface area contributed by atoms with Crippen molar-refractivity contribution in [2.24, 2.45) is 11.0 Å². The number of hydrazone groups is 1. The van der Waals surface area contributed by atoms with Crippen molar-refractivity contribution in [3.8, 4) is 0 Å². The molecule has 104 valence electrons. The van der Waals surface area contributed by atoms with Crippen molar-refractivity contribution in [2.45, 2.75) is 52.1 Å². The van der Waals surface area contributed by atoms with Gasteiger partial charge < -0.3 is 4.74 Å². The lowest BCUT2D eigenvalue weighted by molar-refractivity contribution is -0.139. The van der Waals surface area contributed by atoms with E-state index in [0.717, 1.165) is 24.8 Å². The summed E-state index contributed by atoms with van der Waals surface area (Å²) in [5.74, 6) is -0.807. The van der Waals surface area contributed by atoms with Gasteiger partial charge in [-0.05, 0) is 39.5 Å². The van der Waals surface area contributed by atoms with Gasteiger partial charge in [-0.1, -0.05) is 11.6 Å². The van der Waals surface area contributed by atoms with Crippen molar-refractivity contribution in [1.29, 1.82) is 0 Å². The van der Waals surface area contributed by atoms with Gasteiger partial charge in [0.15, 0.2) is 0 Å². The number of amides is 1. The molecule has 0 radical (unpaired) electrons. The maximum Gasteiger partial charge on any atom is 0.354 e. The average Bonchev–Trinajstić information content (AvgIpc) is 2.39. The van der Waals surface area contributed by atoms with Crippen LogP contribution in [0.1, 0.15) is 46.0 Å². The number of esters is 1. The molecule has 0 aromatic heterocycles. The number of rotatable bonds is 3. The molecule has 5 nitrogen and oxygen atoms in total. The molecule has 1 atom stereocenters. The average molecular weight is 264 g/mol. The van der Waals surface area contributed by atoms with Crippen LogP contribution in [-0.2, 0) is 14.3 Å². The van der Waals surface area contributed by atoms with Crippen LogP contribution >= 0.6 is 0 Å². The fourth-order valence-electron chi connectivity index (χ4n) is 2.42. The fraction of sp³-hybridized carbons (Fsp3) is 0.643. The zero-order chi connectivity index (χ0) is 13.8. The summed E-state index contributed by atoms with van der Waals surface area (Å²) >= 11 is 0. The largest absolute Gasteiger partial charge is 0.458 e. The van der Waals surface area contributed by atoms with Gasteiger partial charge in [0, 0.05) is 6.42 Å². The molecule has 5 heteroatoms. The molecule has 19 heavy (non-hydrogen) atoms. The summed E-state index contributed by atoms with van der Waals surface area (Å²) in [5.41, 5.74) is 3.88. The molecule has 1 aliphatic carbocycles. The lowest BCUT2D eigenvalue weighted by Crippen LogP contribution is -2.39. The molecule has 2 rings (SSSR count). The summed E-state index contributed by atoms with van der Waals surface area (Å²) in [6.07, 6.45) is 6.53. The molecule has 1 aliphatic heterocycles. The molecule has 0 aromatic rings. The molecule has 1 amide bonds. The Kier molecular flexibility index (Phi) is 4.35. The van der Waals surface area contributed by atoms with Crippen molar-refractivity contribution in [3.63, 3.8) is 0 Å². The summed E-state index contributed by atoms with van der Waals surface area (Å²) in [6.45, 7) is 3.59. The van der Waals surface area contributed by atoms with E-state index in [-0.39, 0.29) is 17.9 Å². The molecule has 0 saturated heterocycles. The minimum Gasteiger partial charge on any atom is -0.458 e. The van der Waals surface area contributed by atoms with Gasteiger partial charge in [-0.2, -0.15) is 5.10 Å². The second-order valence-electron chi connectivity index (χ2n) is 5.27. The highest BCUT2D eigenvalue weighted by atomic mass is 16.5. The third-order valence-electron chi connectivity index (χ3n) is 3.37. The van der Waals surface area contributed by atoms with Crippen LogP contribution in [0.2, 0.25) is 0 Å². The van der Waals surface area contributed by atoms with Gasteiger partial charge >= 0.3 is 5.97 Å². The minimum atomic E-state index is -0.434. The van der Waals surface area contributed by atoms with Crippen LogP contribution in [0.3, 0.4) is 0 Å². The number of ether oxygens (including phenoxy) is 1. The summed E-state index contributed by atoms with van der Waals surface area (Å²) in [4.78, 5) is 23.7. The highest BCUT2D eigenvalue weighted by Gasteiger charge is 2.32. The monoisotopic (exact) mass is 264 g/mol. The lowest BCUT2D eigenvalue weighted by atomic mass is 9.85. The normalized spacial score (nSPS) is 23.5. The topological polar surface area (TPSA) is 67.8 Å². The van der Waals surface area contributed by atoms with Gasteiger partial charge in [0.25, 0.3) is 0 Å². The highest BCUT2D eigenvalue weighted by molar-refractivity contribution is 6.37. The zero-order valence-electron chi connectivity index (χ0n) is 11.4. The fourth-order valence-corrected chi connectivity index (χ4v) is 2.42. The Hall–Kier alpha value is -1.65. The molecule has 1 heterocycles. The summed E-state index contributed by atoms with van der Waals surface area (Å²) in [5, 5.41) is 3.82. The first-order valence-corrected chi connectivity index (χ1v) is 6.84. The van der Waals surface area contributed by atoms with Crippen LogP contribution < -0.4 is 5.43 Å². The van der Waals surface area contributed by atoms with Crippen LogP contribution in [0, 0.1) is 5.92 Å². The molecule has 0 bridgehead atoms. The first-order chi connectivity index (χ1) is 9.08. The standard InChI is InChI=1S/C14H20N2O3/c1-9(2)19-14(18)12-8-11(13(17)16-15-12)10-6-4-3-5-7-10/h6,9,11H,3-5,7-8H2,1-2H3,(H,16,17). The van der Waals surface area contributed by atoms with Crippen LogP contribution in [-0.4, -0.2) is 23.7 Å². The van der Waals surface area contributed by atoms with Gasteiger partial charge in [-0.15, -0.1) is 0 Å². The Morgan fingerprint density at radius 2 is 2.26 bits per heavy atom. The van der Waals surface area contributed by atoms with E-state index in [1.807, 2.05) is 0 Å². The number of carbonyl (C=O) groups excluding carboxylic acids is 2. The van der Waals surface area contributed by atoms with E-state index in [9.17, 15) is 9.59 Å². The van der Waals surface area contributed by atoms with Crippen LogP contribution in [0.15, 0.2) is 16.8 Å². The van der Waals surface area contributed by atoms with E-state index >= 15 is 0 Å². The Morgan fingerprint density at radius 1 is 1.47 bits per heavy atom. The van der Waals surface area contributed by atoms with Gasteiger partial charge in [0.2, 0.25) is 5.91 Å². The van der Waals surface area contributed by atoms with Crippen molar-refractivity contribution < 1.29 is 14.3 Å². The lowest BCUT2D eigenvalue weighted by Gasteiger charge is -2.25. The van der Waals surface area contributed by atoms with Crippen molar-refractivity contribution >= 4 is 17.6 Å². The second kappa shape index (κ2) is 5.99. The van der Waals surface area contributed by atoms with Crippen molar-refractivity contribution in [2.75, 3.05) is 0 Å². The minimum absolute atomic E-state index is 0.116. The molecule has 1 N–H and O–H groups in total. The van der Waals surface area contributed by atoms with Gasteiger partial charge in [-0.25, -0.2) is 10.2 Å². The number of nitrogens with zero attached hydrogens (tertiary/aromatic N) is 1. The molecular formula is C14H20N2O3. The highest BCUT2D eigenvalue weighted by Crippen LogP contribution is 2.28. The van der Waals surface area contributed by atoms with E-state index in [4.69, 9.17) is 4.74 Å². The zero-order valence-corrected chi connectivity index (χ0v) is 11.4. The predicted molar refractivity (Wildman–Crippen MR) is 71.5 cm³/mol. The number of allylic oxidation sites excluding steroid dienone is 1. The second-order valence-corrected chi connectivity index (χ2v) is 5.27. The third kappa shape index (κ3) is 3.43. The smallest absolute Gasteiger partial charge is 0.354 e. The summed E-state index contributed by atoms with van der Waals surface area (Å²) < 4.78 is 5.12. The Morgan fingerprint density at radius 3 is 2.89 bits per heavy atom. The first kappa shape index (κ1) is 13.8. The Labute approximate surface area is 113 Å². The maximum absolute atomic E-state index is 11.9.